The fraction of sp³-hybridized carbons (Fsp3) is 0.478. The first kappa shape index (κ1) is 18.8. The van der Waals surface area contributed by atoms with Crippen molar-refractivity contribution in [2.24, 2.45) is 0 Å². The Bertz CT molecular complexity index is 800. The number of carbonyl (C=O) groups excluding carboxylic acids is 2. The number of benzene rings is 1. The van der Waals surface area contributed by atoms with Gasteiger partial charge in [-0.05, 0) is 49.8 Å². The monoisotopic (exact) mass is 381 g/mol. The van der Waals surface area contributed by atoms with Crippen molar-refractivity contribution in [2.45, 2.75) is 56.1 Å². The quantitative estimate of drug-likeness (QED) is 0.744. The van der Waals surface area contributed by atoms with Crippen LogP contribution < -0.4 is 0 Å². The predicted molar refractivity (Wildman–Crippen MR) is 105 cm³/mol. The molecular formula is C23H27NO4. The third-order valence-electron chi connectivity index (χ3n) is 6.27. The van der Waals surface area contributed by atoms with Crippen molar-refractivity contribution >= 4 is 11.9 Å². The number of esters is 2. The molecule has 3 atom stereocenters. The average molecular weight is 381 g/mol. The van der Waals surface area contributed by atoms with Crippen LogP contribution in [0.1, 0.15) is 50.0 Å². The van der Waals surface area contributed by atoms with Gasteiger partial charge in [-0.25, -0.2) is 9.59 Å². The Morgan fingerprint density at radius 1 is 1.11 bits per heavy atom. The zero-order valence-corrected chi connectivity index (χ0v) is 16.3. The van der Waals surface area contributed by atoms with Crippen molar-refractivity contribution in [3.8, 4) is 0 Å². The summed E-state index contributed by atoms with van der Waals surface area (Å²) < 4.78 is 11.0. The number of methoxy groups -OCH3 is 1. The van der Waals surface area contributed by atoms with E-state index in [1.807, 2.05) is 29.2 Å². The minimum absolute atomic E-state index is 0.0974. The van der Waals surface area contributed by atoms with Crippen LogP contribution in [0.3, 0.4) is 0 Å². The summed E-state index contributed by atoms with van der Waals surface area (Å²) in [6.45, 7) is 0.729. The minimum atomic E-state index is -0.795. The summed E-state index contributed by atoms with van der Waals surface area (Å²) in [4.78, 5) is 27.1. The molecule has 0 bridgehead atoms. The molecule has 0 spiro atoms. The van der Waals surface area contributed by atoms with Gasteiger partial charge in [0.1, 0.15) is 6.10 Å². The van der Waals surface area contributed by atoms with Crippen LogP contribution in [0.25, 0.3) is 0 Å². The van der Waals surface area contributed by atoms with E-state index >= 15 is 0 Å². The van der Waals surface area contributed by atoms with E-state index in [1.54, 1.807) is 12.3 Å². The summed E-state index contributed by atoms with van der Waals surface area (Å²) in [6, 6.07) is 10.4. The largest absolute Gasteiger partial charge is 0.465 e. The molecule has 2 heterocycles. The molecule has 0 radical (unpaired) electrons. The third-order valence-corrected chi connectivity index (χ3v) is 6.27. The van der Waals surface area contributed by atoms with Gasteiger partial charge in [-0.15, -0.1) is 0 Å². The van der Waals surface area contributed by atoms with Crippen molar-refractivity contribution in [2.75, 3.05) is 13.7 Å². The molecule has 0 unspecified atom stereocenters. The Morgan fingerprint density at radius 2 is 1.89 bits per heavy atom. The Labute approximate surface area is 166 Å². The fourth-order valence-electron chi connectivity index (χ4n) is 4.74. The average Bonchev–Trinajstić information content (AvgIpc) is 3.18. The molecule has 0 amide bonds. The van der Waals surface area contributed by atoms with Gasteiger partial charge >= 0.3 is 11.9 Å². The fourth-order valence-corrected chi connectivity index (χ4v) is 4.74. The van der Waals surface area contributed by atoms with Crippen molar-refractivity contribution in [3.63, 3.8) is 0 Å². The lowest BCUT2D eigenvalue weighted by Crippen LogP contribution is -2.50. The van der Waals surface area contributed by atoms with Crippen LogP contribution in [0, 0.1) is 0 Å². The van der Waals surface area contributed by atoms with Gasteiger partial charge in [0.15, 0.2) is 5.54 Å². The zero-order chi connectivity index (χ0) is 19.6. The highest BCUT2D eigenvalue weighted by Crippen LogP contribution is 2.40. The first-order chi connectivity index (χ1) is 13.6. The highest BCUT2D eigenvalue weighted by atomic mass is 16.5. The van der Waals surface area contributed by atoms with E-state index in [2.05, 4.69) is 12.1 Å². The van der Waals surface area contributed by atoms with Crippen LogP contribution in [0.4, 0.5) is 0 Å². The Balaban J connectivity index is 1.53. The summed E-state index contributed by atoms with van der Waals surface area (Å²) in [5.74, 6) is -0.338. The van der Waals surface area contributed by atoms with Crippen molar-refractivity contribution < 1.29 is 19.1 Å². The molecule has 1 saturated heterocycles. The van der Waals surface area contributed by atoms with E-state index in [4.69, 9.17) is 9.47 Å². The number of carbonyl (C=O) groups is 2. The van der Waals surface area contributed by atoms with Gasteiger partial charge in [-0.3, -0.25) is 0 Å². The minimum Gasteiger partial charge on any atom is -0.465 e. The second-order valence-electron chi connectivity index (χ2n) is 7.88. The van der Waals surface area contributed by atoms with E-state index in [9.17, 15) is 9.59 Å². The lowest BCUT2D eigenvalue weighted by Gasteiger charge is -2.39. The molecular weight excluding hydrogens is 354 g/mol. The van der Waals surface area contributed by atoms with Crippen LogP contribution in [0.2, 0.25) is 0 Å². The number of rotatable bonds is 4. The molecule has 0 N–H and O–H groups in total. The first-order valence-corrected chi connectivity index (χ1v) is 10.2. The first-order valence-electron chi connectivity index (χ1n) is 10.2. The van der Waals surface area contributed by atoms with Gasteiger partial charge in [0.25, 0.3) is 0 Å². The van der Waals surface area contributed by atoms with Crippen molar-refractivity contribution in [1.29, 1.82) is 0 Å². The summed E-state index contributed by atoms with van der Waals surface area (Å²) in [7, 11) is 1.36. The summed E-state index contributed by atoms with van der Waals surface area (Å²) in [6.07, 6.45) is 11.0. The zero-order valence-electron chi connectivity index (χ0n) is 16.3. The maximum atomic E-state index is 13.3. The maximum Gasteiger partial charge on any atom is 0.339 e. The molecule has 1 aromatic rings. The lowest BCUT2D eigenvalue weighted by atomic mass is 9.81. The normalized spacial score (nSPS) is 29.0. The topological polar surface area (TPSA) is 55.8 Å². The standard InChI is InChI=1S/C23H27NO4/c1-27-21(25)18-12-14-23(13-7-15-24(23)16-18)22(26)28-20-11-6-5-10-19(20)17-8-3-2-4-9-17/h2-4,8-9,12,14,16,19-20H,5-7,10-11,13,15H2,1H3/t19-,20+,23+/m0/s1. The lowest BCUT2D eigenvalue weighted by molar-refractivity contribution is -0.160. The molecule has 0 aromatic heterocycles. The smallest absolute Gasteiger partial charge is 0.339 e. The molecule has 2 aliphatic heterocycles. The Kier molecular flexibility index (Phi) is 5.25. The summed E-state index contributed by atoms with van der Waals surface area (Å²) >= 11 is 0. The molecule has 1 saturated carbocycles. The molecule has 2 fully saturated rings. The van der Waals surface area contributed by atoms with Crippen LogP contribution in [0.15, 0.2) is 54.3 Å². The Hall–Kier alpha value is -2.56. The second-order valence-corrected chi connectivity index (χ2v) is 7.88. The number of ether oxygens (including phenoxy) is 2. The van der Waals surface area contributed by atoms with Gasteiger partial charge in [0.2, 0.25) is 0 Å². The van der Waals surface area contributed by atoms with Crippen molar-refractivity contribution in [1.82, 2.24) is 4.90 Å². The summed E-state index contributed by atoms with van der Waals surface area (Å²) in [5, 5.41) is 0. The van der Waals surface area contributed by atoms with E-state index in [0.717, 1.165) is 38.6 Å². The molecule has 1 aromatic carbocycles. The molecule has 3 aliphatic rings. The van der Waals surface area contributed by atoms with Crippen LogP contribution >= 0.6 is 0 Å². The number of hydrogen-bond donors (Lipinski definition) is 0. The summed E-state index contributed by atoms with van der Waals surface area (Å²) in [5.41, 5.74) is 0.913. The highest BCUT2D eigenvalue weighted by Gasteiger charge is 2.48. The van der Waals surface area contributed by atoms with Gasteiger partial charge < -0.3 is 14.4 Å². The van der Waals surface area contributed by atoms with Crippen molar-refractivity contribution in [3.05, 3.63) is 59.8 Å². The maximum absolute atomic E-state index is 13.3. The van der Waals surface area contributed by atoms with E-state index in [0.29, 0.717) is 12.0 Å². The predicted octanol–water partition coefficient (Wildman–Crippen LogP) is 3.72. The Morgan fingerprint density at radius 3 is 2.68 bits per heavy atom. The molecule has 148 valence electrons. The van der Waals surface area contributed by atoms with Gasteiger partial charge in [0.05, 0.1) is 12.7 Å². The SMILES string of the molecule is COC(=O)C1=CN2CCC[C@]2(C(=O)O[C@@H]2CCCC[C@H]2c2ccccc2)C=C1. The molecule has 4 rings (SSSR count). The number of hydrogen-bond acceptors (Lipinski definition) is 5. The van der Waals surface area contributed by atoms with Gasteiger partial charge in [-0.2, -0.15) is 0 Å². The third kappa shape index (κ3) is 3.34. The second kappa shape index (κ2) is 7.82. The number of nitrogens with zero attached hydrogens (tertiary/aromatic N) is 1. The molecule has 5 nitrogen and oxygen atoms in total. The van der Waals surface area contributed by atoms with Crippen LogP contribution in [-0.4, -0.2) is 42.1 Å². The molecule has 1 aliphatic carbocycles. The van der Waals surface area contributed by atoms with Gasteiger partial charge in [0, 0.05) is 18.7 Å². The molecule has 28 heavy (non-hydrogen) atoms. The van der Waals surface area contributed by atoms with E-state index in [-0.39, 0.29) is 24.0 Å². The van der Waals surface area contributed by atoms with Gasteiger partial charge in [-0.1, -0.05) is 36.8 Å². The number of fused-ring (bicyclic) bond motifs is 1. The van der Waals surface area contributed by atoms with Crippen LogP contribution in [0.5, 0.6) is 0 Å². The van der Waals surface area contributed by atoms with E-state index in [1.165, 1.54) is 12.7 Å². The van der Waals surface area contributed by atoms with Crippen LogP contribution in [-0.2, 0) is 19.1 Å². The van der Waals surface area contributed by atoms with E-state index < -0.39 is 5.54 Å². The molecule has 5 heteroatoms. The highest BCUT2D eigenvalue weighted by molar-refractivity contribution is 5.93.